The van der Waals surface area contributed by atoms with E-state index in [1.807, 2.05) is 0 Å². The molecule has 1 atom stereocenters. The molecule has 6 nitrogen and oxygen atoms in total. The second-order valence-corrected chi connectivity index (χ2v) is 5.12. The van der Waals surface area contributed by atoms with Crippen molar-refractivity contribution in [2.45, 2.75) is 19.3 Å². The molecule has 1 saturated heterocycles. The first-order valence-electron chi connectivity index (χ1n) is 6.86. The third-order valence-corrected chi connectivity index (χ3v) is 3.47. The van der Waals surface area contributed by atoms with Crippen molar-refractivity contribution in [2.24, 2.45) is 5.92 Å². The first-order valence-corrected chi connectivity index (χ1v) is 6.86. The van der Waals surface area contributed by atoms with Crippen molar-refractivity contribution in [2.75, 3.05) is 19.6 Å². The SMILES string of the molecule is O=C(Cc1cccc([N+](=O)[O-])c1)NCC1CCCNC1. The number of hydrogen-bond donors (Lipinski definition) is 2. The molecule has 6 heteroatoms. The summed E-state index contributed by atoms with van der Waals surface area (Å²) in [6.07, 6.45) is 2.46. The molecule has 1 unspecified atom stereocenters. The van der Waals surface area contributed by atoms with E-state index in [-0.39, 0.29) is 18.0 Å². The average Bonchev–Trinajstić information content (AvgIpc) is 2.46. The summed E-state index contributed by atoms with van der Waals surface area (Å²) in [5, 5.41) is 16.9. The van der Waals surface area contributed by atoms with Crippen molar-refractivity contribution >= 4 is 11.6 Å². The highest BCUT2D eigenvalue weighted by Crippen LogP contribution is 2.13. The molecular weight excluding hydrogens is 258 g/mol. The molecule has 0 aromatic heterocycles. The minimum atomic E-state index is -0.449. The molecule has 1 aromatic rings. The number of nitro groups is 1. The number of benzene rings is 1. The van der Waals surface area contributed by atoms with Crippen LogP contribution in [-0.4, -0.2) is 30.5 Å². The lowest BCUT2D eigenvalue weighted by molar-refractivity contribution is -0.384. The Bertz CT molecular complexity index is 484. The Morgan fingerprint density at radius 3 is 3.05 bits per heavy atom. The maximum Gasteiger partial charge on any atom is 0.269 e. The predicted molar refractivity (Wildman–Crippen MR) is 75.4 cm³/mol. The molecule has 2 rings (SSSR count). The van der Waals surface area contributed by atoms with Crippen molar-refractivity contribution in [3.05, 3.63) is 39.9 Å². The lowest BCUT2D eigenvalue weighted by Crippen LogP contribution is -2.38. The van der Waals surface area contributed by atoms with E-state index in [1.54, 1.807) is 12.1 Å². The molecule has 0 bridgehead atoms. The van der Waals surface area contributed by atoms with E-state index >= 15 is 0 Å². The van der Waals surface area contributed by atoms with Gasteiger partial charge in [0.15, 0.2) is 0 Å². The Hall–Kier alpha value is -1.95. The van der Waals surface area contributed by atoms with Crippen LogP contribution in [-0.2, 0) is 11.2 Å². The number of nitrogens with zero attached hydrogens (tertiary/aromatic N) is 1. The highest BCUT2D eigenvalue weighted by Gasteiger charge is 2.14. The molecule has 1 aromatic carbocycles. The highest BCUT2D eigenvalue weighted by molar-refractivity contribution is 5.78. The Morgan fingerprint density at radius 1 is 1.50 bits per heavy atom. The van der Waals surface area contributed by atoms with Gasteiger partial charge in [-0.15, -0.1) is 0 Å². The Morgan fingerprint density at radius 2 is 2.35 bits per heavy atom. The van der Waals surface area contributed by atoms with Crippen LogP contribution in [0.25, 0.3) is 0 Å². The van der Waals surface area contributed by atoms with Gasteiger partial charge in [-0.2, -0.15) is 0 Å². The van der Waals surface area contributed by atoms with Crippen LogP contribution >= 0.6 is 0 Å². The Kier molecular flexibility index (Phi) is 5.06. The molecule has 1 heterocycles. The van der Waals surface area contributed by atoms with Crippen LogP contribution in [0.1, 0.15) is 18.4 Å². The number of carbonyl (C=O) groups excluding carboxylic acids is 1. The fourth-order valence-electron chi connectivity index (χ4n) is 2.38. The van der Waals surface area contributed by atoms with Crippen molar-refractivity contribution in [1.82, 2.24) is 10.6 Å². The molecule has 0 radical (unpaired) electrons. The van der Waals surface area contributed by atoms with E-state index in [0.29, 0.717) is 18.0 Å². The van der Waals surface area contributed by atoms with E-state index in [9.17, 15) is 14.9 Å². The van der Waals surface area contributed by atoms with E-state index in [0.717, 1.165) is 25.9 Å². The Balaban J connectivity index is 1.81. The van der Waals surface area contributed by atoms with E-state index in [1.165, 1.54) is 12.1 Å². The number of hydrogen-bond acceptors (Lipinski definition) is 4. The smallest absolute Gasteiger partial charge is 0.269 e. The standard InChI is InChI=1S/C14H19N3O3/c18-14(16-10-12-4-2-6-15-9-12)8-11-3-1-5-13(7-11)17(19)20/h1,3,5,7,12,15H,2,4,6,8-10H2,(H,16,18). The summed E-state index contributed by atoms with van der Waals surface area (Å²) in [6, 6.07) is 6.21. The first kappa shape index (κ1) is 14.5. The monoisotopic (exact) mass is 277 g/mol. The Labute approximate surface area is 117 Å². The molecule has 1 amide bonds. The lowest BCUT2D eigenvalue weighted by Gasteiger charge is -2.22. The van der Waals surface area contributed by atoms with E-state index in [2.05, 4.69) is 10.6 Å². The van der Waals surface area contributed by atoms with Crippen LogP contribution < -0.4 is 10.6 Å². The molecule has 0 saturated carbocycles. The molecule has 0 spiro atoms. The third-order valence-electron chi connectivity index (χ3n) is 3.47. The number of non-ortho nitro benzene ring substituents is 1. The van der Waals surface area contributed by atoms with E-state index in [4.69, 9.17) is 0 Å². The van der Waals surface area contributed by atoms with Crippen molar-refractivity contribution in [3.8, 4) is 0 Å². The summed E-state index contributed by atoms with van der Waals surface area (Å²) in [5.41, 5.74) is 0.685. The van der Waals surface area contributed by atoms with Crippen LogP contribution in [0.4, 0.5) is 5.69 Å². The molecule has 1 aliphatic heterocycles. The van der Waals surface area contributed by atoms with Gasteiger partial charge >= 0.3 is 0 Å². The third kappa shape index (κ3) is 4.31. The van der Waals surface area contributed by atoms with Gasteiger partial charge in [-0.1, -0.05) is 12.1 Å². The molecule has 2 N–H and O–H groups in total. The summed E-state index contributed by atoms with van der Waals surface area (Å²) in [5.74, 6) is 0.397. The number of nitrogens with one attached hydrogen (secondary N) is 2. The van der Waals surface area contributed by atoms with Crippen LogP contribution in [0.2, 0.25) is 0 Å². The maximum atomic E-state index is 11.8. The summed E-state index contributed by atoms with van der Waals surface area (Å²) in [6.45, 7) is 2.66. The van der Waals surface area contributed by atoms with Gasteiger partial charge in [0.05, 0.1) is 11.3 Å². The fourth-order valence-corrected chi connectivity index (χ4v) is 2.38. The number of amides is 1. The van der Waals surface area contributed by atoms with Gasteiger partial charge in [0.1, 0.15) is 0 Å². The maximum absolute atomic E-state index is 11.8. The lowest BCUT2D eigenvalue weighted by atomic mass is 9.99. The van der Waals surface area contributed by atoms with Gasteiger partial charge in [-0.3, -0.25) is 14.9 Å². The van der Waals surface area contributed by atoms with Gasteiger partial charge in [-0.05, 0) is 37.4 Å². The summed E-state index contributed by atoms with van der Waals surface area (Å²) >= 11 is 0. The van der Waals surface area contributed by atoms with Gasteiger partial charge in [0.25, 0.3) is 5.69 Å². The van der Waals surface area contributed by atoms with Crippen LogP contribution in [0, 0.1) is 16.0 Å². The van der Waals surface area contributed by atoms with Crippen LogP contribution in [0.5, 0.6) is 0 Å². The second-order valence-electron chi connectivity index (χ2n) is 5.12. The van der Waals surface area contributed by atoms with Crippen LogP contribution in [0.3, 0.4) is 0 Å². The topological polar surface area (TPSA) is 84.3 Å². The van der Waals surface area contributed by atoms with Crippen molar-refractivity contribution < 1.29 is 9.72 Å². The summed E-state index contributed by atoms with van der Waals surface area (Å²) < 4.78 is 0. The normalized spacial score (nSPS) is 18.5. The zero-order valence-electron chi connectivity index (χ0n) is 11.3. The predicted octanol–water partition coefficient (Wildman–Crippen LogP) is 1.25. The molecule has 20 heavy (non-hydrogen) atoms. The second kappa shape index (κ2) is 7.00. The summed E-state index contributed by atoms with van der Waals surface area (Å²) in [7, 11) is 0. The van der Waals surface area contributed by atoms with Gasteiger partial charge < -0.3 is 10.6 Å². The van der Waals surface area contributed by atoms with Crippen molar-refractivity contribution in [3.63, 3.8) is 0 Å². The summed E-state index contributed by atoms with van der Waals surface area (Å²) in [4.78, 5) is 22.1. The molecular formula is C14H19N3O3. The minimum Gasteiger partial charge on any atom is -0.355 e. The zero-order valence-corrected chi connectivity index (χ0v) is 11.3. The van der Waals surface area contributed by atoms with Crippen molar-refractivity contribution in [1.29, 1.82) is 0 Å². The number of piperidine rings is 1. The molecule has 108 valence electrons. The van der Waals surface area contributed by atoms with Gasteiger partial charge in [0, 0.05) is 18.7 Å². The van der Waals surface area contributed by atoms with Gasteiger partial charge in [0.2, 0.25) is 5.91 Å². The van der Waals surface area contributed by atoms with Crippen LogP contribution in [0.15, 0.2) is 24.3 Å². The highest BCUT2D eigenvalue weighted by atomic mass is 16.6. The first-order chi connectivity index (χ1) is 9.65. The zero-order chi connectivity index (χ0) is 14.4. The van der Waals surface area contributed by atoms with E-state index < -0.39 is 4.92 Å². The number of nitro benzene ring substituents is 1. The van der Waals surface area contributed by atoms with Gasteiger partial charge in [-0.25, -0.2) is 0 Å². The average molecular weight is 277 g/mol. The molecule has 1 aliphatic rings. The molecule has 1 fully saturated rings. The molecule has 0 aliphatic carbocycles. The number of rotatable bonds is 5. The number of carbonyl (C=O) groups is 1. The minimum absolute atomic E-state index is 0.0202. The quantitative estimate of drug-likeness (QED) is 0.626. The fraction of sp³-hybridized carbons (Fsp3) is 0.500. The largest absolute Gasteiger partial charge is 0.355 e.